The van der Waals surface area contributed by atoms with Crippen LogP contribution in [0, 0.1) is 10.5 Å². The molecule has 0 bridgehead atoms. The Morgan fingerprint density at radius 3 is 2.51 bits per heavy atom. The van der Waals surface area contributed by atoms with E-state index in [0.717, 1.165) is 11.1 Å². The van der Waals surface area contributed by atoms with E-state index in [1.165, 1.54) is 25.4 Å². The Kier molecular flexibility index (Phi) is 7.98. The number of ether oxygens (including phenoxy) is 3. The fourth-order valence-electron chi connectivity index (χ4n) is 4.07. The number of carbonyl (C=O) groups is 2. The number of esters is 2. The maximum absolute atomic E-state index is 13.8. The molecule has 0 amide bonds. The topological polar surface area (TPSA) is 96.2 Å². The maximum Gasteiger partial charge on any atom is 0.338 e. The first-order chi connectivity index (χ1) is 17.6. The first-order valence-corrected chi connectivity index (χ1v) is 13.4. The largest absolute Gasteiger partial charge is 0.493 e. The van der Waals surface area contributed by atoms with Crippen LogP contribution in [0.3, 0.4) is 0 Å². The molecule has 37 heavy (non-hydrogen) atoms. The third-order valence-electron chi connectivity index (χ3n) is 5.71. The van der Waals surface area contributed by atoms with Gasteiger partial charge in [0.05, 0.1) is 39.1 Å². The standard InChI is InChI=1S/C27H25IN2O6S/c1-6-35-26(33)22-15(3)29-27-30(23(22)18-9-7-14(2)8-10-18)25(32)21(37-27)13-17-11-19(28)24(36-16(4)31)20(12-17)34-5/h7-13,23H,6H2,1-5H3/b21-13-/t23-/m1/s1. The summed E-state index contributed by atoms with van der Waals surface area (Å²) in [5.74, 6) is -0.257. The highest BCUT2D eigenvalue weighted by Gasteiger charge is 2.33. The van der Waals surface area contributed by atoms with E-state index >= 15 is 0 Å². The highest BCUT2D eigenvalue weighted by atomic mass is 127. The van der Waals surface area contributed by atoms with Crippen molar-refractivity contribution in [3.8, 4) is 11.5 Å². The van der Waals surface area contributed by atoms with Crippen LogP contribution in [-0.4, -0.2) is 30.2 Å². The second-order valence-electron chi connectivity index (χ2n) is 8.34. The first kappa shape index (κ1) is 26.8. The van der Waals surface area contributed by atoms with Crippen molar-refractivity contribution >= 4 is 51.9 Å². The molecule has 0 saturated heterocycles. The summed E-state index contributed by atoms with van der Waals surface area (Å²) >= 11 is 3.29. The number of rotatable bonds is 6. The average Bonchev–Trinajstić information content (AvgIpc) is 3.14. The molecule has 1 atom stereocenters. The summed E-state index contributed by atoms with van der Waals surface area (Å²) in [4.78, 5) is 43.3. The van der Waals surface area contributed by atoms with Gasteiger partial charge in [-0.05, 0) is 72.7 Å². The molecule has 1 aliphatic heterocycles. The van der Waals surface area contributed by atoms with Crippen LogP contribution in [0.2, 0.25) is 0 Å². The van der Waals surface area contributed by atoms with Gasteiger partial charge in [-0.3, -0.25) is 14.2 Å². The van der Waals surface area contributed by atoms with Gasteiger partial charge >= 0.3 is 11.9 Å². The molecule has 192 valence electrons. The molecule has 0 fully saturated rings. The molecule has 0 unspecified atom stereocenters. The number of hydrogen-bond acceptors (Lipinski definition) is 8. The van der Waals surface area contributed by atoms with Gasteiger partial charge < -0.3 is 14.2 Å². The van der Waals surface area contributed by atoms with Gasteiger partial charge in [-0.1, -0.05) is 41.2 Å². The number of carbonyl (C=O) groups excluding carboxylic acids is 2. The summed E-state index contributed by atoms with van der Waals surface area (Å²) < 4.78 is 18.7. The van der Waals surface area contributed by atoms with E-state index in [2.05, 4.69) is 27.6 Å². The fraction of sp³-hybridized carbons (Fsp3) is 0.259. The molecule has 1 aromatic heterocycles. The van der Waals surface area contributed by atoms with Crippen molar-refractivity contribution in [1.82, 2.24) is 4.57 Å². The van der Waals surface area contributed by atoms with Gasteiger partial charge in [0, 0.05) is 6.92 Å². The molecule has 0 saturated carbocycles. The van der Waals surface area contributed by atoms with Gasteiger partial charge in [-0.2, -0.15) is 0 Å². The predicted octanol–water partition coefficient (Wildman–Crippen LogP) is 3.65. The number of allylic oxidation sites excluding steroid dienone is 1. The van der Waals surface area contributed by atoms with Crippen LogP contribution in [0.15, 0.2) is 57.5 Å². The molecule has 0 aliphatic carbocycles. The molecule has 2 aromatic carbocycles. The van der Waals surface area contributed by atoms with Crippen molar-refractivity contribution in [2.45, 2.75) is 33.7 Å². The van der Waals surface area contributed by atoms with Gasteiger partial charge in [0.15, 0.2) is 16.3 Å². The number of nitrogens with zero attached hydrogens (tertiary/aromatic N) is 2. The lowest BCUT2D eigenvalue weighted by Gasteiger charge is -2.24. The summed E-state index contributed by atoms with van der Waals surface area (Å²) in [6.07, 6.45) is 1.74. The number of halogens is 1. The van der Waals surface area contributed by atoms with Gasteiger partial charge in [-0.25, -0.2) is 9.79 Å². The second-order valence-corrected chi connectivity index (χ2v) is 10.5. The van der Waals surface area contributed by atoms with Crippen LogP contribution in [0.4, 0.5) is 0 Å². The Hall–Kier alpha value is -3.25. The summed E-state index contributed by atoms with van der Waals surface area (Å²) in [5.41, 5.74) is 3.12. The van der Waals surface area contributed by atoms with Crippen molar-refractivity contribution < 1.29 is 23.8 Å². The van der Waals surface area contributed by atoms with Crippen LogP contribution in [0.1, 0.15) is 43.5 Å². The van der Waals surface area contributed by atoms with E-state index in [1.54, 1.807) is 36.6 Å². The van der Waals surface area contributed by atoms with Gasteiger partial charge in [0.25, 0.3) is 5.56 Å². The molecule has 0 N–H and O–H groups in total. The van der Waals surface area contributed by atoms with Crippen LogP contribution >= 0.6 is 33.9 Å². The summed E-state index contributed by atoms with van der Waals surface area (Å²) in [6.45, 7) is 7.01. The van der Waals surface area contributed by atoms with E-state index in [9.17, 15) is 14.4 Å². The van der Waals surface area contributed by atoms with Crippen molar-refractivity contribution in [2.24, 2.45) is 4.99 Å². The summed E-state index contributed by atoms with van der Waals surface area (Å²) in [6, 6.07) is 10.5. The lowest BCUT2D eigenvalue weighted by molar-refractivity contribution is -0.139. The summed E-state index contributed by atoms with van der Waals surface area (Å²) in [5, 5.41) is 0. The number of hydrogen-bond donors (Lipinski definition) is 0. The highest BCUT2D eigenvalue weighted by molar-refractivity contribution is 14.1. The van der Waals surface area contributed by atoms with E-state index < -0.39 is 18.0 Å². The molecular formula is C27H25IN2O6S. The number of methoxy groups -OCH3 is 1. The zero-order chi connectivity index (χ0) is 26.9. The van der Waals surface area contributed by atoms with Crippen molar-refractivity contribution in [2.75, 3.05) is 13.7 Å². The highest BCUT2D eigenvalue weighted by Crippen LogP contribution is 2.34. The Balaban J connectivity index is 1.91. The summed E-state index contributed by atoms with van der Waals surface area (Å²) in [7, 11) is 1.48. The Morgan fingerprint density at radius 1 is 1.19 bits per heavy atom. The van der Waals surface area contributed by atoms with Crippen LogP contribution in [-0.2, 0) is 14.3 Å². The third-order valence-corrected chi connectivity index (χ3v) is 7.49. The quantitative estimate of drug-likeness (QED) is 0.234. The normalized spacial score (nSPS) is 15.2. The molecule has 2 heterocycles. The predicted molar refractivity (Wildman–Crippen MR) is 149 cm³/mol. The number of aromatic nitrogens is 1. The Labute approximate surface area is 231 Å². The minimum absolute atomic E-state index is 0.213. The van der Waals surface area contributed by atoms with Crippen LogP contribution in [0.5, 0.6) is 11.5 Å². The number of fused-ring (bicyclic) bond motifs is 1. The molecule has 3 aromatic rings. The Bertz CT molecular complexity index is 1600. The molecule has 0 radical (unpaired) electrons. The molecule has 0 spiro atoms. The maximum atomic E-state index is 13.8. The zero-order valence-electron chi connectivity index (χ0n) is 21.0. The molecule has 4 rings (SSSR count). The van der Waals surface area contributed by atoms with Crippen molar-refractivity contribution in [1.29, 1.82) is 0 Å². The van der Waals surface area contributed by atoms with E-state index in [1.807, 2.05) is 31.2 Å². The lowest BCUT2D eigenvalue weighted by Crippen LogP contribution is -2.39. The minimum atomic E-state index is -0.668. The average molecular weight is 632 g/mol. The van der Waals surface area contributed by atoms with Gasteiger partial charge in [0.1, 0.15) is 0 Å². The Morgan fingerprint density at radius 2 is 1.89 bits per heavy atom. The SMILES string of the molecule is CCOC(=O)C1=C(C)N=c2s/c(=C\c3cc(I)c(OC(C)=O)c(OC)c3)c(=O)n2[C@@H]1c1ccc(C)cc1. The second kappa shape index (κ2) is 11.0. The van der Waals surface area contributed by atoms with E-state index in [0.29, 0.717) is 41.2 Å². The lowest BCUT2D eigenvalue weighted by atomic mass is 9.95. The smallest absolute Gasteiger partial charge is 0.338 e. The fourth-order valence-corrected chi connectivity index (χ4v) is 5.86. The van der Waals surface area contributed by atoms with Gasteiger partial charge in [-0.15, -0.1) is 0 Å². The molecule has 10 heteroatoms. The number of thiazole rings is 1. The minimum Gasteiger partial charge on any atom is -0.493 e. The zero-order valence-corrected chi connectivity index (χ0v) is 23.9. The van der Waals surface area contributed by atoms with Crippen molar-refractivity contribution in [3.05, 3.63) is 87.6 Å². The number of benzene rings is 2. The molecule has 8 nitrogen and oxygen atoms in total. The van der Waals surface area contributed by atoms with Gasteiger partial charge in [0.2, 0.25) is 0 Å². The molecular weight excluding hydrogens is 607 g/mol. The van der Waals surface area contributed by atoms with Crippen LogP contribution < -0.4 is 24.4 Å². The third kappa shape index (κ3) is 5.40. The van der Waals surface area contributed by atoms with E-state index in [-0.39, 0.29) is 12.2 Å². The van der Waals surface area contributed by atoms with Crippen molar-refractivity contribution in [3.63, 3.8) is 0 Å². The molecule has 1 aliphatic rings. The number of aryl methyl sites for hydroxylation is 1. The first-order valence-electron chi connectivity index (χ1n) is 11.5. The van der Waals surface area contributed by atoms with E-state index in [4.69, 9.17) is 14.2 Å². The van der Waals surface area contributed by atoms with Crippen LogP contribution in [0.25, 0.3) is 6.08 Å². The monoisotopic (exact) mass is 632 g/mol.